The van der Waals surface area contributed by atoms with Gasteiger partial charge >= 0.3 is 0 Å². The number of hydrogen-bond acceptors (Lipinski definition) is 4. The molecule has 5 aromatic rings. The van der Waals surface area contributed by atoms with Gasteiger partial charge in [-0.3, -0.25) is 0 Å². The van der Waals surface area contributed by atoms with Gasteiger partial charge in [0.2, 0.25) is 0 Å². The van der Waals surface area contributed by atoms with E-state index >= 15 is 0 Å². The molecule has 0 atom stereocenters. The monoisotopic (exact) mass is 419 g/mol. The Morgan fingerprint density at radius 2 is 1.72 bits per heavy atom. The summed E-state index contributed by atoms with van der Waals surface area (Å²) in [5.74, 6) is 0.694. The number of hydrogen-bond donors (Lipinski definition) is 1. The summed E-state index contributed by atoms with van der Waals surface area (Å²) < 4.78 is 1.84. The lowest BCUT2D eigenvalue weighted by Crippen LogP contribution is -2.47. The van der Waals surface area contributed by atoms with Crippen molar-refractivity contribution in [3.05, 3.63) is 84.2 Å². The Labute approximate surface area is 186 Å². The maximum Gasteiger partial charge on any atom is 0.165 e. The SMILES string of the molecule is Cc1cc2ncc3cc(-c4ccccc4)c(-c4ccc([C@]5(N)C[C@H](C)C5)cc4)nc3n2n1. The fourth-order valence-electron chi connectivity index (χ4n) is 5.09. The second-order valence-corrected chi connectivity index (χ2v) is 9.22. The molecule has 0 unspecified atom stereocenters. The molecule has 1 aliphatic rings. The van der Waals surface area contributed by atoms with Crippen molar-refractivity contribution in [1.29, 1.82) is 0 Å². The van der Waals surface area contributed by atoms with E-state index in [0.717, 1.165) is 57.6 Å². The van der Waals surface area contributed by atoms with Crippen molar-refractivity contribution in [3.8, 4) is 22.4 Å². The van der Waals surface area contributed by atoms with E-state index in [1.165, 1.54) is 5.56 Å². The standard InChI is InChI=1S/C27H25N5/c1-17-14-27(28,15-17)22-10-8-20(9-11-22)25-23(19-6-4-3-5-7-19)13-21-16-29-24-12-18(2)31-32(24)26(21)30-25/h3-13,16-17H,14-15,28H2,1-2H3/t17-,27-. The smallest absolute Gasteiger partial charge is 0.165 e. The Morgan fingerprint density at radius 1 is 0.969 bits per heavy atom. The zero-order valence-electron chi connectivity index (χ0n) is 18.3. The van der Waals surface area contributed by atoms with Crippen LogP contribution in [0.5, 0.6) is 0 Å². The molecule has 1 fully saturated rings. The first-order valence-corrected chi connectivity index (χ1v) is 11.1. The van der Waals surface area contributed by atoms with Gasteiger partial charge in [0, 0.05) is 34.3 Å². The Bertz CT molecular complexity index is 1440. The Hall–Kier alpha value is -3.57. The molecule has 5 heteroatoms. The average Bonchev–Trinajstić information content (AvgIpc) is 3.19. The minimum absolute atomic E-state index is 0.193. The third-order valence-electron chi connectivity index (χ3n) is 6.62. The van der Waals surface area contributed by atoms with Crippen molar-refractivity contribution in [2.24, 2.45) is 11.7 Å². The van der Waals surface area contributed by atoms with E-state index < -0.39 is 0 Å². The van der Waals surface area contributed by atoms with Crippen molar-refractivity contribution in [2.75, 3.05) is 0 Å². The second-order valence-electron chi connectivity index (χ2n) is 9.22. The van der Waals surface area contributed by atoms with Crippen molar-refractivity contribution in [2.45, 2.75) is 32.2 Å². The van der Waals surface area contributed by atoms with Crippen LogP contribution in [-0.4, -0.2) is 19.6 Å². The van der Waals surface area contributed by atoms with E-state index in [2.05, 4.69) is 71.6 Å². The van der Waals surface area contributed by atoms with Crippen LogP contribution in [0, 0.1) is 12.8 Å². The molecule has 158 valence electrons. The fourth-order valence-corrected chi connectivity index (χ4v) is 5.09. The Kier molecular flexibility index (Phi) is 4.17. The van der Waals surface area contributed by atoms with Crippen LogP contribution in [0.25, 0.3) is 39.1 Å². The summed E-state index contributed by atoms with van der Waals surface area (Å²) in [6.07, 6.45) is 3.97. The third-order valence-corrected chi connectivity index (χ3v) is 6.62. The van der Waals surface area contributed by atoms with Crippen LogP contribution in [-0.2, 0) is 5.54 Å². The molecule has 1 aliphatic carbocycles. The first-order valence-electron chi connectivity index (χ1n) is 11.1. The highest BCUT2D eigenvalue weighted by molar-refractivity contribution is 5.90. The normalized spacial score (nSPS) is 20.5. The minimum Gasteiger partial charge on any atom is -0.321 e. The molecule has 0 amide bonds. The average molecular weight is 420 g/mol. The summed E-state index contributed by atoms with van der Waals surface area (Å²) in [5, 5.41) is 5.59. The summed E-state index contributed by atoms with van der Waals surface area (Å²) in [5.41, 5.74) is 14.4. The summed E-state index contributed by atoms with van der Waals surface area (Å²) in [6.45, 7) is 4.24. The van der Waals surface area contributed by atoms with Crippen LogP contribution in [0.3, 0.4) is 0 Å². The largest absolute Gasteiger partial charge is 0.321 e. The van der Waals surface area contributed by atoms with E-state index in [1.54, 1.807) is 0 Å². The third kappa shape index (κ3) is 3.00. The van der Waals surface area contributed by atoms with Crippen LogP contribution < -0.4 is 5.73 Å². The lowest BCUT2D eigenvalue weighted by Gasteiger charge is -2.44. The van der Waals surface area contributed by atoms with Crippen molar-refractivity contribution in [3.63, 3.8) is 0 Å². The van der Waals surface area contributed by atoms with Gasteiger partial charge in [-0.15, -0.1) is 0 Å². The molecule has 5 nitrogen and oxygen atoms in total. The van der Waals surface area contributed by atoms with Gasteiger partial charge in [0.05, 0.1) is 11.4 Å². The number of nitrogens with two attached hydrogens (primary N) is 1. The Balaban J connectivity index is 1.56. The van der Waals surface area contributed by atoms with Crippen LogP contribution in [0.4, 0.5) is 0 Å². The molecule has 3 aromatic heterocycles. The highest BCUT2D eigenvalue weighted by atomic mass is 15.3. The molecular formula is C27H25N5. The molecule has 1 saturated carbocycles. The Morgan fingerprint density at radius 3 is 2.44 bits per heavy atom. The van der Waals surface area contributed by atoms with Crippen LogP contribution in [0.1, 0.15) is 31.0 Å². The second kappa shape index (κ2) is 6.97. The van der Waals surface area contributed by atoms with Gasteiger partial charge in [-0.05, 0) is 42.9 Å². The maximum atomic E-state index is 6.63. The first kappa shape index (κ1) is 19.1. The summed E-state index contributed by atoms with van der Waals surface area (Å²) in [6, 6.07) is 23.2. The molecular weight excluding hydrogens is 394 g/mol. The fraction of sp³-hybridized carbons (Fsp3) is 0.222. The highest BCUT2D eigenvalue weighted by Crippen LogP contribution is 2.43. The van der Waals surface area contributed by atoms with Gasteiger partial charge in [0.1, 0.15) is 0 Å². The number of rotatable bonds is 3. The molecule has 2 aromatic carbocycles. The van der Waals surface area contributed by atoms with E-state index in [-0.39, 0.29) is 5.54 Å². The summed E-state index contributed by atoms with van der Waals surface area (Å²) in [7, 11) is 0. The molecule has 0 saturated heterocycles. The van der Waals surface area contributed by atoms with Gasteiger partial charge in [-0.25, -0.2) is 9.97 Å². The molecule has 0 aliphatic heterocycles. The minimum atomic E-state index is -0.193. The van der Waals surface area contributed by atoms with Gasteiger partial charge in [0.25, 0.3) is 0 Å². The van der Waals surface area contributed by atoms with Crippen LogP contribution >= 0.6 is 0 Å². The van der Waals surface area contributed by atoms with E-state index in [9.17, 15) is 0 Å². The predicted molar refractivity (Wildman–Crippen MR) is 128 cm³/mol. The molecule has 0 radical (unpaired) electrons. The van der Waals surface area contributed by atoms with E-state index in [1.807, 2.05) is 29.8 Å². The molecule has 0 spiro atoms. The van der Waals surface area contributed by atoms with Crippen LogP contribution in [0.2, 0.25) is 0 Å². The number of aryl methyl sites for hydroxylation is 1. The van der Waals surface area contributed by atoms with Gasteiger partial charge in [-0.2, -0.15) is 9.61 Å². The zero-order valence-corrected chi connectivity index (χ0v) is 18.3. The molecule has 6 rings (SSSR count). The predicted octanol–water partition coefficient (Wildman–Crippen LogP) is 5.50. The number of benzene rings is 2. The molecule has 2 N–H and O–H groups in total. The molecule has 32 heavy (non-hydrogen) atoms. The van der Waals surface area contributed by atoms with Crippen LogP contribution in [0.15, 0.2) is 72.9 Å². The van der Waals surface area contributed by atoms with E-state index in [4.69, 9.17) is 10.7 Å². The lowest BCUT2D eigenvalue weighted by atomic mass is 9.66. The number of aromatic nitrogens is 4. The first-order chi connectivity index (χ1) is 15.5. The van der Waals surface area contributed by atoms with Gasteiger partial charge in [0.15, 0.2) is 11.3 Å². The van der Waals surface area contributed by atoms with E-state index in [0.29, 0.717) is 5.92 Å². The van der Waals surface area contributed by atoms with Gasteiger partial charge < -0.3 is 5.73 Å². The summed E-state index contributed by atoms with van der Waals surface area (Å²) in [4.78, 5) is 9.71. The lowest BCUT2D eigenvalue weighted by molar-refractivity contribution is 0.164. The molecule has 0 bridgehead atoms. The van der Waals surface area contributed by atoms with Crippen molar-refractivity contribution >= 4 is 16.7 Å². The zero-order chi connectivity index (χ0) is 21.9. The molecule has 3 heterocycles. The van der Waals surface area contributed by atoms with Crippen molar-refractivity contribution in [1.82, 2.24) is 19.6 Å². The number of pyridine rings is 1. The van der Waals surface area contributed by atoms with Crippen molar-refractivity contribution < 1.29 is 0 Å². The number of nitrogens with zero attached hydrogens (tertiary/aromatic N) is 4. The highest BCUT2D eigenvalue weighted by Gasteiger charge is 2.39. The quantitative estimate of drug-likeness (QED) is 0.419. The maximum absolute atomic E-state index is 6.63. The van der Waals surface area contributed by atoms with Gasteiger partial charge in [-0.1, -0.05) is 61.5 Å². The topological polar surface area (TPSA) is 69.1 Å². The summed E-state index contributed by atoms with van der Waals surface area (Å²) >= 11 is 0. The number of fused-ring (bicyclic) bond motifs is 3.